The molecule has 0 fully saturated rings. The van der Waals surface area contributed by atoms with Gasteiger partial charge < -0.3 is 9.64 Å². The Labute approximate surface area is 152 Å². The van der Waals surface area contributed by atoms with Gasteiger partial charge in [0.2, 0.25) is 0 Å². The van der Waals surface area contributed by atoms with E-state index in [1.807, 2.05) is 0 Å². The molecule has 25 heavy (non-hydrogen) atoms. The molecule has 1 aliphatic heterocycles. The van der Waals surface area contributed by atoms with E-state index in [1.54, 1.807) is 7.11 Å². The highest BCUT2D eigenvalue weighted by Crippen LogP contribution is 2.50. The SMILES string of the molecule is C/C=C1\N(CC)c2ccc(OC)cc2C1(C)Cc1ccc(C)cc1C. The fourth-order valence-corrected chi connectivity index (χ4v) is 4.31. The summed E-state index contributed by atoms with van der Waals surface area (Å²) in [6, 6.07) is 13.3. The molecular formula is C23H29NO. The molecule has 0 amide bonds. The Balaban J connectivity index is 2.15. The smallest absolute Gasteiger partial charge is 0.119 e. The minimum Gasteiger partial charge on any atom is -0.497 e. The fourth-order valence-electron chi connectivity index (χ4n) is 4.31. The van der Waals surface area contributed by atoms with Crippen molar-refractivity contribution in [3.8, 4) is 5.75 Å². The number of aryl methyl sites for hydroxylation is 2. The quantitative estimate of drug-likeness (QED) is 0.725. The van der Waals surface area contributed by atoms with E-state index in [1.165, 1.54) is 33.6 Å². The van der Waals surface area contributed by atoms with Crippen LogP contribution in [0.1, 0.15) is 43.0 Å². The second-order valence-corrected chi connectivity index (χ2v) is 7.24. The van der Waals surface area contributed by atoms with E-state index in [-0.39, 0.29) is 5.41 Å². The van der Waals surface area contributed by atoms with Crippen molar-refractivity contribution < 1.29 is 4.74 Å². The molecule has 1 atom stereocenters. The van der Waals surface area contributed by atoms with E-state index < -0.39 is 0 Å². The first-order chi connectivity index (χ1) is 11.9. The van der Waals surface area contributed by atoms with Gasteiger partial charge in [0.1, 0.15) is 5.75 Å². The van der Waals surface area contributed by atoms with E-state index in [9.17, 15) is 0 Å². The van der Waals surface area contributed by atoms with Crippen molar-refractivity contribution in [1.82, 2.24) is 0 Å². The van der Waals surface area contributed by atoms with Gasteiger partial charge in [0.25, 0.3) is 0 Å². The zero-order chi connectivity index (χ0) is 18.2. The van der Waals surface area contributed by atoms with Gasteiger partial charge in [-0.15, -0.1) is 0 Å². The number of ether oxygens (including phenoxy) is 1. The van der Waals surface area contributed by atoms with Crippen molar-refractivity contribution in [3.63, 3.8) is 0 Å². The molecule has 0 aromatic heterocycles. The normalized spacial score (nSPS) is 20.9. The van der Waals surface area contributed by atoms with Gasteiger partial charge in [-0.05, 0) is 75.9 Å². The molecule has 0 saturated heterocycles. The maximum absolute atomic E-state index is 5.52. The number of nitrogens with zero attached hydrogens (tertiary/aromatic N) is 1. The molecule has 0 saturated carbocycles. The third-order valence-electron chi connectivity index (χ3n) is 5.58. The minimum absolute atomic E-state index is 0.0470. The number of fused-ring (bicyclic) bond motifs is 1. The highest BCUT2D eigenvalue weighted by atomic mass is 16.5. The van der Waals surface area contributed by atoms with Crippen LogP contribution in [0.5, 0.6) is 5.75 Å². The molecule has 2 heteroatoms. The van der Waals surface area contributed by atoms with Gasteiger partial charge in [-0.2, -0.15) is 0 Å². The van der Waals surface area contributed by atoms with Gasteiger partial charge in [0.15, 0.2) is 0 Å². The number of methoxy groups -OCH3 is 1. The topological polar surface area (TPSA) is 12.5 Å². The van der Waals surface area contributed by atoms with Crippen LogP contribution in [0.2, 0.25) is 0 Å². The first-order valence-electron chi connectivity index (χ1n) is 9.13. The van der Waals surface area contributed by atoms with Crippen molar-refractivity contribution in [2.45, 2.75) is 46.5 Å². The van der Waals surface area contributed by atoms with Crippen LogP contribution in [0.25, 0.3) is 0 Å². The summed E-state index contributed by atoms with van der Waals surface area (Å²) in [5, 5.41) is 0. The van der Waals surface area contributed by atoms with Crippen molar-refractivity contribution >= 4 is 5.69 Å². The Hall–Kier alpha value is -2.22. The Kier molecular flexibility index (Phi) is 4.64. The Bertz CT molecular complexity index is 821. The third kappa shape index (κ3) is 2.84. The largest absolute Gasteiger partial charge is 0.497 e. The molecule has 2 nitrogen and oxygen atoms in total. The third-order valence-corrected chi connectivity index (χ3v) is 5.58. The van der Waals surface area contributed by atoms with Gasteiger partial charge >= 0.3 is 0 Å². The Morgan fingerprint density at radius 1 is 1.12 bits per heavy atom. The molecule has 0 spiro atoms. The van der Waals surface area contributed by atoms with Crippen molar-refractivity contribution in [2.75, 3.05) is 18.6 Å². The number of rotatable bonds is 4. The monoisotopic (exact) mass is 335 g/mol. The summed E-state index contributed by atoms with van der Waals surface area (Å²) in [7, 11) is 1.74. The molecule has 2 aromatic rings. The van der Waals surface area contributed by atoms with Crippen LogP contribution in [0, 0.1) is 13.8 Å². The first kappa shape index (κ1) is 17.6. The van der Waals surface area contributed by atoms with Crippen LogP contribution in [0.4, 0.5) is 5.69 Å². The Morgan fingerprint density at radius 3 is 2.48 bits per heavy atom. The zero-order valence-electron chi connectivity index (χ0n) is 16.3. The number of hydrogen-bond donors (Lipinski definition) is 0. The van der Waals surface area contributed by atoms with Crippen LogP contribution in [-0.2, 0) is 11.8 Å². The van der Waals surface area contributed by atoms with Gasteiger partial charge in [-0.25, -0.2) is 0 Å². The molecule has 0 N–H and O–H groups in total. The summed E-state index contributed by atoms with van der Waals surface area (Å²) < 4.78 is 5.52. The summed E-state index contributed by atoms with van der Waals surface area (Å²) in [5.74, 6) is 0.930. The summed E-state index contributed by atoms with van der Waals surface area (Å²) in [5.41, 5.74) is 8.12. The van der Waals surface area contributed by atoms with Crippen LogP contribution >= 0.6 is 0 Å². The molecule has 132 valence electrons. The summed E-state index contributed by atoms with van der Waals surface area (Å²) in [6.45, 7) is 12.1. The van der Waals surface area contributed by atoms with Crippen LogP contribution in [-0.4, -0.2) is 13.7 Å². The van der Waals surface area contributed by atoms with E-state index in [0.29, 0.717) is 0 Å². The molecule has 1 heterocycles. The second-order valence-electron chi connectivity index (χ2n) is 7.24. The number of allylic oxidation sites excluding steroid dienone is 2. The molecule has 3 rings (SSSR count). The minimum atomic E-state index is -0.0470. The van der Waals surface area contributed by atoms with Gasteiger partial charge in [0, 0.05) is 23.3 Å². The molecule has 1 unspecified atom stereocenters. The lowest BCUT2D eigenvalue weighted by Gasteiger charge is -2.30. The number of anilines is 1. The summed E-state index contributed by atoms with van der Waals surface area (Å²) in [4.78, 5) is 2.44. The van der Waals surface area contributed by atoms with Crippen molar-refractivity contribution in [1.29, 1.82) is 0 Å². The van der Waals surface area contributed by atoms with Gasteiger partial charge in [-0.1, -0.05) is 29.8 Å². The lowest BCUT2D eigenvalue weighted by molar-refractivity contribution is 0.413. The number of hydrogen-bond acceptors (Lipinski definition) is 2. The average Bonchev–Trinajstić information content (AvgIpc) is 2.84. The average molecular weight is 335 g/mol. The lowest BCUT2D eigenvalue weighted by atomic mass is 9.75. The standard InChI is InChI=1S/C23H29NO/c1-7-22-23(5,15-18-10-9-16(3)13-17(18)4)20-14-19(25-6)11-12-21(20)24(22)8-2/h7,9-14H,8,15H2,1-6H3/b22-7-. The predicted octanol–water partition coefficient (Wildman–Crippen LogP) is 5.56. The highest BCUT2D eigenvalue weighted by Gasteiger charge is 2.43. The predicted molar refractivity (Wildman–Crippen MR) is 107 cm³/mol. The molecule has 1 aliphatic rings. The number of benzene rings is 2. The molecule has 2 aromatic carbocycles. The molecule has 0 radical (unpaired) electrons. The first-order valence-corrected chi connectivity index (χ1v) is 9.13. The van der Waals surface area contributed by atoms with Crippen molar-refractivity contribution in [2.24, 2.45) is 0 Å². The van der Waals surface area contributed by atoms with Crippen LogP contribution < -0.4 is 9.64 Å². The zero-order valence-corrected chi connectivity index (χ0v) is 16.3. The molecule has 0 aliphatic carbocycles. The maximum Gasteiger partial charge on any atom is 0.119 e. The Morgan fingerprint density at radius 2 is 1.88 bits per heavy atom. The fraction of sp³-hybridized carbons (Fsp3) is 0.391. The summed E-state index contributed by atoms with van der Waals surface area (Å²) in [6.07, 6.45) is 3.27. The van der Waals surface area contributed by atoms with E-state index in [4.69, 9.17) is 4.74 Å². The highest BCUT2D eigenvalue weighted by molar-refractivity contribution is 5.72. The number of likely N-dealkylation sites (N-methyl/N-ethyl adjacent to an activating group) is 1. The second kappa shape index (κ2) is 6.59. The van der Waals surface area contributed by atoms with Gasteiger partial charge in [0.05, 0.1) is 7.11 Å². The maximum atomic E-state index is 5.52. The van der Waals surface area contributed by atoms with E-state index in [2.05, 4.69) is 82.0 Å². The summed E-state index contributed by atoms with van der Waals surface area (Å²) >= 11 is 0. The van der Waals surface area contributed by atoms with Crippen LogP contribution in [0.15, 0.2) is 48.2 Å². The van der Waals surface area contributed by atoms with Crippen molar-refractivity contribution in [3.05, 3.63) is 70.4 Å². The van der Waals surface area contributed by atoms with E-state index in [0.717, 1.165) is 18.7 Å². The lowest BCUT2D eigenvalue weighted by Crippen LogP contribution is -2.30. The molecule has 0 bridgehead atoms. The van der Waals surface area contributed by atoms with E-state index >= 15 is 0 Å². The van der Waals surface area contributed by atoms with Crippen LogP contribution in [0.3, 0.4) is 0 Å². The van der Waals surface area contributed by atoms with Gasteiger partial charge in [-0.3, -0.25) is 0 Å². The molecular weight excluding hydrogens is 306 g/mol.